The number of carbonyl (C=O) groups excluding carboxylic acids is 2. The first-order chi connectivity index (χ1) is 7.50. The zero-order valence-electron chi connectivity index (χ0n) is 8.17. The average molecular weight is 242 g/mol. The van der Waals surface area contributed by atoms with Crippen molar-refractivity contribution in [3.63, 3.8) is 0 Å². The van der Waals surface area contributed by atoms with Crippen molar-refractivity contribution in [1.82, 2.24) is 5.32 Å². The van der Waals surface area contributed by atoms with E-state index in [0.717, 1.165) is 0 Å². The number of hydrogen-bond acceptors (Lipinski definition) is 4. The number of carboxylic acids is 1. The number of hydrogen-bond donors (Lipinski definition) is 3. The summed E-state index contributed by atoms with van der Waals surface area (Å²) in [7, 11) is 0. The van der Waals surface area contributed by atoms with Crippen LogP contribution in [0.15, 0.2) is 17.5 Å². The first-order valence-corrected chi connectivity index (χ1v) is 5.18. The quantitative estimate of drug-likeness (QED) is 0.644. The molecule has 0 aromatic carbocycles. The van der Waals surface area contributed by atoms with Gasteiger partial charge in [0.05, 0.1) is 6.42 Å². The van der Waals surface area contributed by atoms with Crippen molar-refractivity contribution in [2.45, 2.75) is 12.0 Å². The molecule has 1 heterocycles. The number of aldehydes is 1. The second kappa shape index (κ2) is 4.75. The van der Waals surface area contributed by atoms with E-state index in [2.05, 4.69) is 5.32 Å². The molecule has 1 aromatic heterocycles. The van der Waals surface area contributed by atoms with Gasteiger partial charge < -0.3 is 21.0 Å². The van der Waals surface area contributed by atoms with Crippen LogP contribution in [0, 0.1) is 0 Å². The lowest BCUT2D eigenvalue weighted by Crippen LogP contribution is -2.50. The minimum Gasteiger partial charge on any atom is -0.481 e. The molecule has 4 N–H and O–H groups in total. The summed E-state index contributed by atoms with van der Waals surface area (Å²) in [5.74, 6) is -1.20. The number of amides is 2. The van der Waals surface area contributed by atoms with E-state index >= 15 is 0 Å². The Morgan fingerprint density at radius 3 is 2.69 bits per heavy atom. The average Bonchev–Trinajstić information content (AvgIpc) is 2.68. The molecule has 6 nitrogen and oxygen atoms in total. The SMILES string of the molecule is NC(=O)NC(C=O)(CC(=O)O)c1cccs1. The van der Waals surface area contributed by atoms with E-state index in [1.807, 2.05) is 0 Å². The van der Waals surface area contributed by atoms with Crippen LogP contribution in [0.2, 0.25) is 0 Å². The summed E-state index contributed by atoms with van der Waals surface area (Å²) in [4.78, 5) is 33.0. The van der Waals surface area contributed by atoms with Gasteiger partial charge in [0, 0.05) is 4.88 Å². The molecule has 0 radical (unpaired) electrons. The second-order valence-electron chi connectivity index (χ2n) is 3.13. The van der Waals surface area contributed by atoms with Crippen LogP contribution >= 0.6 is 11.3 Å². The van der Waals surface area contributed by atoms with Crippen LogP contribution in [0.5, 0.6) is 0 Å². The number of carboxylic acid groups (broad SMARTS) is 1. The largest absolute Gasteiger partial charge is 0.481 e. The Balaban J connectivity index is 3.12. The van der Waals surface area contributed by atoms with Gasteiger partial charge in [-0.25, -0.2) is 4.79 Å². The van der Waals surface area contributed by atoms with Crippen molar-refractivity contribution >= 4 is 29.6 Å². The van der Waals surface area contributed by atoms with Crippen LogP contribution in [0.4, 0.5) is 4.79 Å². The van der Waals surface area contributed by atoms with Crippen LogP contribution in [0.25, 0.3) is 0 Å². The highest BCUT2D eigenvalue weighted by Gasteiger charge is 2.36. The van der Waals surface area contributed by atoms with Crippen LogP contribution in [0.1, 0.15) is 11.3 Å². The Morgan fingerprint density at radius 2 is 2.31 bits per heavy atom. The molecule has 1 rings (SSSR count). The topological polar surface area (TPSA) is 109 Å². The number of primary amides is 1. The number of urea groups is 1. The fourth-order valence-electron chi connectivity index (χ4n) is 1.31. The predicted octanol–water partition coefficient (Wildman–Crippen LogP) is 0.285. The molecule has 7 heteroatoms. The Morgan fingerprint density at radius 1 is 1.62 bits per heavy atom. The third kappa shape index (κ3) is 2.57. The molecule has 1 aromatic rings. The molecule has 0 aliphatic heterocycles. The highest BCUT2D eigenvalue weighted by atomic mass is 32.1. The zero-order chi connectivity index (χ0) is 12.2. The maximum atomic E-state index is 11.1. The number of nitrogens with one attached hydrogen (secondary N) is 1. The van der Waals surface area contributed by atoms with Crippen molar-refractivity contribution in [2.24, 2.45) is 5.73 Å². The molecule has 0 saturated carbocycles. The summed E-state index contributed by atoms with van der Waals surface area (Å²) in [6.45, 7) is 0. The Bertz CT molecular complexity index is 386. The first-order valence-electron chi connectivity index (χ1n) is 4.30. The Kier molecular flexibility index (Phi) is 3.62. The predicted molar refractivity (Wildman–Crippen MR) is 57.0 cm³/mol. The fourth-order valence-corrected chi connectivity index (χ4v) is 2.16. The number of thiophene rings is 1. The van der Waals surface area contributed by atoms with Crippen LogP contribution in [0.3, 0.4) is 0 Å². The molecule has 0 aliphatic carbocycles. The molecule has 0 bridgehead atoms. The monoisotopic (exact) mass is 242 g/mol. The molecule has 16 heavy (non-hydrogen) atoms. The van der Waals surface area contributed by atoms with E-state index in [-0.39, 0.29) is 0 Å². The molecular weight excluding hydrogens is 232 g/mol. The van der Waals surface area contributed by atoms with Gasteiger partial charge in [-0.3, -0.25) is 4.79 Å². The summed E-state index contributed by atoms with van der Waals surface area (Å²) in [5, 5.41) is 12.6. The number of aliphatic carboxylic acids is 1. The summed E-state index contributed by atoms with van der Waals surface area (Å²) in [6.07, 6.45) is -0.155. The van der Waals surface area contributed by atoms with Gasteiger partial charge in [0.15, 0.2) is 6.29 Å². The maximum Gasteiger partial charge on any atom is 0.313 e. The van der Waals surface area contributed by atoms with Gasteiger partial charge in [0.25, 0.3) is 0 Å². The van der Waals surface area contributed by atoms with Crippen molar-refractivity contribution in [2.75, 3.05) is 0 Å². The smallest absolute Gasteiger partial charge is 0.313 e. The normalized spacial score (nSPS) is 13.8. The van der Waals surface area contributed by atoms with Gasteiger partial charge in [-0.05, 0) is 11.4 Å². The zero-order valence-corrected chi connectivity index (χ0v) is 8.99. The number of rotatable bonds is 5. The van der Waals surface area contributed by atoms with Gasteiger partial charge in [-0.15, -0.1) is 11.3 Å². The van der Waals surface area contributed by atoms with Crippen molar-refractivity contribution in [3.05, 3.63) is 22.4 Å². The van der Waals surface area contributed by atoms with Gasteiger partial charge >= 0.3 is 12.0 Å². The van der Waals surface area contributed by atoms with E-state index in [4.69, 9.17) is 10.8 Å². The molecule has 1 atom stereocenters. The third-order valence-corrected chi connectivity index (χ3v) is 2.99. The van der Waals surface area contributed by atoms with Gasteiger partial charge in [0.2, 0.25) is 0 Å². The maximum absolute atomic E-state index is 11.1. The number of carbonyl (C=O) groups is 3. The van der Waals surface area contributed by atoms with Crippen LogP contribution < -0.4 is 11.1 Å². The summed E-state index contributed by atoms with van der Waals surface area (Å²) >= 11 is 1.17. The first kappa shape index (κ1) is 12.2. The highest BCUT2D eigenvalue weighted by molar-refractivity contribution is 7.10. The lowest BCUT2D eigenvalue weighted by molar-refractivity contribution is -0.140. The van der Waals surface area contributed by atoms with Gasteiger partial charge in [0.1, 0.15) is 5.54 Å². The molecule has 2 amide bonds. The minimum absolute atomic E-state index is 0.387. The Hall–Kier alpha value is -1.89. The van der Waals surface area contributed by atoms with Crippen molar-refractivity contribution < 1.29 is 19.5 Å². The molecular formula is C9H10N2O4S. The van der Waals surface area contributed by atoms with E-state index in [1.54, 1.807) is 17.5 Å². The lowest BCUT2D eigenvalue weighted by Gasteiger charge is -2.25. The standard InChI is InChI=1S/C9H10N2O4S/c10-8(15)11-9(5-12,4-7(13)14)6-2-1-3-16-6/h1-3,5H,4H2,(H,13,14)(H3,10,11,15). The van der Waals surface area contributed by atoms with Gasteiger partial charge in [-0.1, -0.05) is 6.07 Å². The lowest BCUT2D eigenvalue weighted by atomic mass is 9.95. The summed E-state index contributed by atoms with van der Waals surface area (Å²) in [5.41, 5.74) is 3.36. The van der Waals surface area contributed by atoms with E-state index < -0.39 is 24.0 Å². The Labute approximate surface area is 95.1 Å². The summed E-state index contributed by atoms with van der Waals surface area (Å²) < 4.78 is 0. The highest BCUT2D eigenvalue weighted by Crippen LogP contribution is 2.27. The third-order valence-electron chi connectivity index (χ3n) is 1.94. The molecule has 0 spiro atoms. The van der Waals surface area contributed by atoms with Crippen LogP contribution in [-0.4, -0.2) is 23.4 Å². The molecule has 0 saturated heterocycles. The molecule has 0 fully saturated rings. The van der Waals surface area contributed by atoms with E-state index in [0.29, 0.717) is 11.2 Å². The van der Waals surface area contributed by atoms with Crippen molar-refractivity contribution in [1.29, 1.82) is 0 Å². The molecule has 86 valence electrons. The minimum atomic E-state index is -1.58. The fraction of sp³-hybridized carbons (Fsp3) is 0.222. The molecule has 1 unspecified atom stereocenters. The van der Waals surface area contributed by atoms with E-state index in [1.165, 1.54) is 11.3 Å². The second-order valence-corrected chi connectivity index (χ2v) is 4.07. The van der Waals surface area contributed by atoms with Crippen molar-refractivity contribution in [3.8, 4) is 0 Å². The molecule has 0 aliphatic rings. The number of nitrogens with two attached hydrogens (primary N) is 1. The van der Waals surface area contributed by atoms with E-state index in [9.17, 15) is 14.4 Å². The van der Waals surface area contributed by atoms with Gasteiger partial charge in [-0.2, -0.15) is 0 Å². The van der Waals surface area contributed by atoms with Crippen LogP contribution in [-0.2, 0) is 15.1 Å². The summed E-state index contributed by atoms with van der Waals surface area (Å²) in [6, 6.07) is 2.28.